The summed E-state index contributed by atoms with van der Waals surface area (Å²) in [5.41, 5.74) is 0. The molecule has 0 saturated heterocycles. The minimum absolute atomic E-state index is 1.06. The van der Waals surface area contributed by atoms with Crippen molar-refractivity contribution < 1.29 is 22.5 Å². The van der Waals surface area contributed by atoms with E-state index in [0.717, 1.165) is 0 Å². The van der Waals surface area contributed by atoms with Gasteiger partial charge in [0.2, 0.25) is 6.54 Å². The van der Waals surface area contributed by atoms with E-state index in [9.17, 15) is 27.7 Å². The molecule has 3 nitrogen and oxygen atoms in total. The zero-order valence-corrected chi connectivity index (χ0v) is 5.27. The van der Waals surface area contributed by atoms with Gasteiger partial charge in [0.25, 0.3) is 0 Å². The number of nitrogens with zero attached hydrogens (tertiary/aromatic N) is 1. The number of alkyl halides is 4. The predicted molar refractivity (Wildman–Crippen MR) is 27.4 cm³/mol. The molecule has 0 aromatic heterocycles. The first kappa shape index (κ1) is 10.1. The first-order chi connectivity index (χ1) is 4.86. The summed E-state index contributed by atoms with van der Waals surface area (Å²) in [4.78, 5) is 8.44. The highest BCUT2D eigenvalue weighted by Crippen LogP contribution is 2.26. The summed E-state index contributed by atoms with van der Waals surface area (Å²) < 4.78 is 46.3. The average Bonchev–Trinajstić information content (AvgIpc) is 1.84. The molecule has 0 amide bonds. The topological polar surface area (TPSA) is 43.1 Å². The lowest BCUT2D eigenvalue weighted by Crippen LogP contribution is -2.29. The van der Waals surface area contributed by atoms with Crippen LogP contribution in [0.2, 0.25) is 0 Å². The second-order valence-electron chi connectivity index (χ2n) is 1.87. The van der Waals surface area contributed by atoms with E-state index in [1.165, 1.54) is 0 Å². The molecule has 0 spiro atoms. The monoisotopic (exact) mass is 175 g/mol. The first-order valence-corrected chi connectivity index (χ1v) is 2.64. The Labute approximate surface area is 59.1 Å². The second kappa shape index (κ2) is 3.49. The van der Waals surface area contributed by atoms with Crippen LogP contribution in [0.25, 0.3) is 0 Å². The summed E-state index contributed by atoms with van der Waals surface area (Å²) in [5, 5.41) is 9.50. The van der Waals surface area contributed by atoms with Gasteiger partial charge in [-0.05, 0) is 0 Å². The number of nitro groups is 1. The molecule has 11 heavy (non-hydrogen) atoms. The highest BCUT2D eigenvalue weighted by Gasteiger charge is 2.41. The first-order valence-electron chi connectivity index (χ1n) is 2.64. The van der Waals surface area contributed by atoms with Crippen LogP contribution < -0.4 is 0 Å². The van der Waals surface area contributed by atoms with Crippen molar-refractivity contribution in [2.24, 2.45) is 0 Å². The van der Waals surface area contributed by atoms with Crippen LogP contribution in [-0.4, -0.2) is 23.8 Å². The van der Waals surface area contributed by atoms with Gasteiger partial charge < -0.3 is 0 Å². The number of hydrogen-bond acceptors (Lipinski definition) is 2. The van der Waals surface area contributed by atoms with Crippen molar-refractivity contribution in [1.29, 1.82) is 0 Å². The minimum Gasteiger partial charge on any atom is -0.265 e. The van der Waals surface area contributed by atoms with Crippen LogP contribution in [0.15, 0.2) is 0 Å². The van der Waals surface area contributed by atoms with E-state index in [1.54, 1.807) is 0 Å². The molecule has 0 aromatic carbocycles. The van der Waals surface area contributed by atoms with E-state index in [1.807, 2.05) is 0 Å². The molecule has 0 aliphatic heterocycles. The molecule has 0 fully saturated rings. The molecule has 66 valence electrons. The molecular weight excluding hydrogens is 170 g/mol. The van der Waals surface area contributed by atoms with Crippen LogP contribution in [0.5, 0.6) is 0 Å². The summed E-state index contributed by atoms with van der Waals surface area (Å²) in [6.45, 7) is -1.14. The molecule has 7 heteroatoms. The van der Waals surface area contributed by atoms with Gasteiger partial charge in [-0.1, -0.05) is 0 Å². The van der Waals surface area contributed by atoms with Gasteiger partial charge in [-0.15, -0.1) is 0 Å². The third-order valence-electron chi connectivity index (χ3n) is 0.947. The number of rotatable bonds is 4. The fourth-order valence-electron chi connectivity index (χ4n) is 0.349. The maximum Gasteiger partial charge on any atom is 0.313 e. The molecule has 0 atom stereocenters. The van der Waals surface area contributed by atoms with E-state index < -0.39 is 30.2 Å². The van der Waals surface area contributed by atoms with E-state index in [4.69, 9.17) is 0 Å². The molecule has 0 N–H and O–H groups in total. The Hall–Kier alpha value is -0.880. The van der Waals surface area contributed by atoms with Gasteiger partial charge >= 0.3 is 12.3 Å². The third kappa shape index (κ3) is 3.74. The molecule has 0 heterocycles. The summed E-state index contributed by atoms with van der Waals surface area (Å²) >= 11 is 0. The Morgan fingerprint density at radius 3 is 2.18 bits per heavy atom. The van der Waals surface area contributed by atoms with Crippen LogP contribution in [0.1, 0.15) is 6.42 Å². The van der Waals surface area contributed by atoms with Gasteiger partial charge in [0.1, 0.15) is 0 Å². The normalized spacial score (nSPS) is 12.1. The van der Waals surface area contributed by atoms with Crippen LogP contribution in [-0.2, 0) is 0 Å². The van der Waals surface area contributed by atoms with Crippen molar-refractivity contribution in [2.45, 2.75) is 18.8 Å². The van der Waals surface area contributed by atoms with E-state index in [2.05, 4.69) is 0 Å². The van der Waals surface area contributed by atoms with Gasteiger partial charge in [-0.25, -0.2) is 17.6 Å². The SMILES string of the molecule is O=[N+]([O-])CCC(F)(F)C(F)F. The Bertz CT molecular complexity index is 149. The zero-order valence-electron chi connectivity index (χ0n) is 5.27. The molecule has 0 rings (SSSR count). The van der Waals surface area contributed by atoms with Gasteiger partial charge in [0.15, 0.2) is 0 Å². The standard InChI is InChI=1S/C4H5F4NO2/c5-3(6)4(7,8)1-2-9(10)11/h3H,1-2H2. The lowest BCUT2D eigenvalue weighted by Gasteiger charge is -2.11. The lowest BCUT2D eigenvalue weighted by atomic mass is 10.2. The largest absolute Gasteiger partial charge is 0.313 e. The summed E-state index contributed by atoms with van der Waals surface area (Å²) in [6, 6.07) is 0. The Balaban J connectivity index is 3.82. The lowest BCUT2D eigenvalue weighted by molar-refractivity contribution is -0.485. The smallest absolute Gasteiger partial charge is 0.265 e. The Kier molecular flexibility index (Phi) is 3.21. The Morgan fingerprint density at radius 2 is 1.91 bits per heavy atom. The highest BCUT2D eigenvalue weighted by atomic mass is 19.3. The summed E-state index contributed by atoms with van der Waals surface area (Å²) in [6.07, 6.45) is -5.25. The number of halogens is 4. The van der Waals surface area contributed by atoms with Crippen molar-refractivity contribution in [3.8, 4) is 0 Å². The highest BCUT2D eigenvalue weighted by molar-refractivity contribution is 4.67. The van der Waals surface area contributed by atoms with Crippen molar-refractivity contribution in [2.75, 3.05) is 6.54 Å². The second-order valence-corrected chi connectivity index (χ2v) is 1.87. The maximum atomic E-state index is 11.9. The van der Waals surface area contributed by atoms with Crippen LogP contribution >= 0.6 is 0 Å². The van der Waals surface area contributed by atoms with Crippen LogP contribution in [0.4, 0.5) is 17.6 Å². The van der Waals surface area contributed by atoms with Gasteiger partial charge in [0, 0.05) is 4.92 Å². The van der Waals surface area contributed by atoms with Gasteiger partial charge in [-0.2, -0.15) is 0 Å². The van der Waals surface area contributed by atoms with Crippen molar-refractivity contribution in [3.63, 3.8) is 0 Å². The zero-order chi connectivity index (χ0) is 9.07. The molecule has 0 aliphatic carbocycles. The van der Waals surface area contributed by atoms with Crippen molar-refractivity contribution >= 4 is 0 Å². The fraction of sp³-hybridized carbons (Fsp3) is 1.00. The third-order valence-corrected chi connectivity index (χ3v) is 0.947. The van der Waals surface area contributed by atoms with Crippen LogP contribution in [0.3, 0.4) is 0 Å². The molecule has 0 aliphatic rings. The molecule has 0 saturated carbocycles. The summed E-state index contributed by atoms with van der Waals surface area (Å²) in [5.74, 6) is -4.24. The predicted octanol–water partition coefficient (Wildman–Crippen LogP) is 1.55. The average molecular weight is 175 g/mol. The van der Waals surface area contributed by atoms with Gasteiger partial charge in [-0.3, -0.25) is 10.1 Å². The molecule has 0 bridgehead atoms. The quantitative estimate of drug-likeness (QED) is 0.369. The molecule has 0 aromatic rings. The molecular formula is C4H5F4NO2. The Morgan fingerprint density at radius 1 is 1.45 bits per heavy atom. The summed E-state index contributed by atoms with van der Waals surface area (Å²) in [7, 11) is 0. The fourth-order valence-corrected chi connectivity index (χ4v) is 0.349. The van der Waals surface area contributed by atoms with E-state index >= 15 is 0 Å². The van der Waals surface area contributed by atoms with Gasteiger partial charge in [0.05, 0.1) is 6.42 Å². The van der Waals surface area contributed by atoms with Crippen LogP contribution in [0, 0.1) is 10.1 Å². The van der Waals surface area contributed by atoms with E-state index in [0.29, 0.717) is 0 Å². The van der Waals surface area contributed by atoms with E-state index in [-0.39, 0.29) is 0 Å². The minimum atomic E-state index is -4.24. The maximum absolute atomic E-state index is 11.9. The number of hydrogen-bond donors (Lipinski definition) is 0. The molecule has 0 radical (unpaired) electrons. The molecule has 0 unspecified atom stereocenters. The van der Waals surface area contributed by atoms with Crippen molar-refractivity contribution in [3.05, 3.63) is 10.1 Å². The van der Waals surface area contributed by atoms with Crippen molar-refractivity contribution in [1.82, 2.24) is 0 Å².